The summed E-state index contributed by atoms with van der Waals surface area (Å²) < 4.78 is 6.00. The predicted molar refractivity (Wildman–Crippen MR) is 107 cm³/mol. The lowest BCUT2D eigenvalue weighted by atomic mass is 10.0. The number of hydrogen-bond acceptors (Lipinski definition) is 5. The molecule has 0 bridgehead atoms. The molecular weight excluding hydrogens is 352 g/mol. The van der Waals surface area contributed by atoms with E-state index in [4.69, 9.17) is 10.00 Å². The van der Waals surface area contributed by atoms with E-state index in [0.29, 0.717) is 29.9 Å². The van der Waals surface area contributed by atoms with Crippen LogP contribution in [0.1, 0.15) is 47.3 Å². The summed E-state index contributed by atoms with van der Waals surface area (Å²) in [6, 6.07) is 13.9. The number of carbonyl (C=O) groups is 1. The Labute approximate surface area is 166 Å². The molecule has 3 rings (SSSR count). The highest BCUT2D eigenvalue weighted by Crippen LogP contribution is 2.33. The summed E-state index contributed by atoms with van der Waals surface area (Å²) in [5.41, 5.74) is 3.27. The highest BCUT2D eigenvalue weighted by molar-refractivity contribution is 5.97. The van der Waals surface area contributed by atoms with E-state index in [2.05, 4.69) is 23.1 Å². The molecule has 0 aliphatic carbocycles. The van der Waals surface area contributed by atoms with Crippen LogP contribution >= 0.6 is 0 Å². The van der Waals surface area contributed by atoms with Gasteiger partial charge in [0, 0.05) is 25.2 Å². The van der Waals surface area contributed by atoms with E-state index >= 15 is 0 Å². The second-order valence-corrected chi connectivity index (χ2v) is 7.37. The van der Waals surface area contributed by atoms with Crippen LogP contribution in [0.5, 0.6) is 11.5 Å². The third-order valence-corrected chi connectivity index (χ3v) is 5.05. The Kier molecular flexibility index (Phi) is 6.33. The number of likely N-dealkylation sites (tertiary alicyclic amines) is 1. The minimum absolute atomic E-state index is 0.0328. The monoisotopic (exact) mass is 378 g/mol. The number of nitriles is 1. The summed E-state index contributed by atoms with van der Waals surface area (Å²) in [4.78, 5) is 13.9. The number of hydrogen-bond donors (Lipinski definition) is 1. The standard InChI is InChI=1S/C23H26N2O3/c1-3-5-21-22(9-8-20(16(2)26)23(21)27)28-15-18-7-4-6-17(10-18)12-25-13-19(11-24)14-25/h4,6-10,19,27H,3,5,12-15H2,1-2H3. The first kappa shape index (κ1) is 19.9. The van der Waals surface area contributed by atoms with Crippen LogP contribution in [0.15, 0.2) is 36.4 Å². The topological polar surface area (TPSA) is 73.6 Å². The molecule has 1 heterocycles. The van der Waals surface area contributed by atoms with Crippen molar-refractivity contribution in [2.45, 2.75) is 39.8 Å². The lowest BCUT2D eigenvalue weighted by Gasteiger charge is -2.35. The van der Waals surface area contributed by atoms with Crippen molar-refractivity contribution in [3.8, 4) is 17.6 Å². The molecule has 146 valence electrons. The van der Waals surface area contributed by atoms with Gasteiger partial charge in [-0.2, -0.15) is 5.26 Å². The first-order valence-corrected chi connectivity index (χ1v) is 9.70. The van der Waals surface area contributed by atoms with Crippen LogP contribution in [0.25, 0.3) is 0 Å². The molecule has 0 radical (unpaired) electrons. The van der Waals surface area contributed by atoms with Gasteiger partial charge >= 0.3 is 0 Å². The van der Waals surface area contributed by atoms with E-state index in [-0.39, 0.29) is 17.5 Å². The van der Waals surface area contributed by atoms with E-state index in [1.807, 2.05) is 19.1 Å². The molecule has 28 heavy (non-hydrogen) atoms. The van der Waals surface area contributed by atoms with Gasteiger partial charge in [-0.05, 0) is 36.6 Å². The lowest BCUT2D eigenvalue weighted by molar-refractivity contribution is 0.101. The van der Waals surface area contributed by atoms with Crippen molar-refractivity contribution in [1.29, 1.82) is 5.26 Å². The van der Waals surface area contributed by atoms with E-state index in [1.165, 1.54) is 12.5 Å². The Morgan fingerprint density at radius 1 is 1.29 bits per heavy atom. The molecule has 5 nitrogen and oxygen atoms in total. The van der Waals surface area contributed by atoms with Crippen molar-refractivity contribution in [2.24, 2.45) is 5.92 Å². The zero-order valence-electron chi connectivity index (χ0n) is 16.4. The number of benzene rings is 2. The molecule has 1 saturated heterocycles. The van der Waals surface area contributed by atoms with Gasteiger partial charge in [-0.25, -0.2) is 0 Å². The SMILES string of the molecule is CCCc1c(OCc2cccc(CN3CC(C#N)C3)c2)ccc(C(C)=O)c1O. The molecule has 2 aromatic rings. The average molecular weight is 378 g/mol. The minimum Gasteiger partial charge on any atom is -0.507 e. The number of ether oxygens (including phenoxy) is 1. The molecule has 0 amide bonds. The summed E-state index contributed by atoms with van der Waals surface area (Å²) in [6.45, 7) is 6.37. The van der Waals surface area contributed by atoms with Gasteiger partial charge in [0.25, 0.3) is 0 Å². The van der Waals surface area contributed by atoms with Crippen molar-refractivity contribution < 1.29 is 14.6 Å². The normalized spacial score (nSPS) is 14.3. The van der Waals surface area contributed by atoms with E-state index < -0.39 is 0 Å². The molecule has 0 unspecified atom stereocenters. The van der Waals surface area contributed by atoms with Gasteiger partial charge in [-0.15, -0.1) is 0 Å². The summed E-state index contributed by atoms with van der Waals surface area (Å²) in [6.07, 6.45) is 1.50. The quantitative estimate of drug-likeness (QED) is 0.701. The molecule has 5 heteroatoms. The largest absolute Gasteiger partial charge is 0.507 e. The Morgan fingerprint density at radius 2 is 2.04 bits per heavy atom. The summed E-state index contributed by atoms with van der Waals surface area (Å²) in [5.74, 6) is 0.660. The number of aromatic hydroxyl groups is 1. The van der Waals surface area contributed by atoms with E-state index in [0.717, 1.165) is 31.6 Å². The summed E-state index contributed by atoms with van der Waals surface area (Å²) in [7, 11) is 0. The number of Topliss-reactive ketones (excluding diaryl/α,β-unsaturated/α-hetero) is 1. The Hall–Kier alpha value is -2.84. The van der Waals surface area contributed by atoms with Gasteiger partial charge in [0.05, 0.1) is 17.6 Å². The number of nitrogens with zero attached hydrogens (tertiary/aromatic N) is 2. The lowest BCUT2D eigenvalue weighted by Crippen LogP contribution is -2.45. The first-order valence-electron chi connectivity index (χ1n) is 9.70. The molecule has 1 aliphatic heterocycles. The van der Waals surface area contributed by atoms with Gasteiger partial charge in [-0.1, -0.05) is 37.6 Å². The van der Waals surface area contributed by atoms with Crippen LogP contribution < -0.4 is 4.74 Å². The third kappa shape index (κ3) is 4.52. The van der Waals surface area contributed by atoms with Crippen LogP contribution in [0.3, 0.4) is 0 Å². The maximum Gasteiger partial charge on any atom is 0.163 e. The highest BCUT2D eigenvalue weighted by Gasteiger charge is 2.26. The number of ketones is 1. The van der Waals surface area contributed by atoms with Crippen LogP contribution in [-0.4, -0.2) is 28.9 Å². The van der Waals surface area contributed by atoms with Gasteiger partial charge in [0.15, 0.2) is 5.78 Å². The summed E-state index contributed by atoms with van der Waals surface area (Å²) in [5, 5.41) is 19.3. The zero-order valence-corrected chi connectivity index (χ0v) is 16.4. The van der Waals surface area contributed by atoms with Crippen molar-refractivity contribution in [3.05, 3.63) is 58.7 Å². The van der Waals surface area contributed by atoms with Gasteiger partial charge in [0.1, 0.15) is 18.1 Å². The van der Waals surface area contributed by atoms with Crippen molar-refractivity contribution in [3.63, 3.8) is 0 Å². The molecule has 1 N–H and O–H groups in total. The molecule has 1 aliphatic rings. The van der Waals surface area contributed by atoms with Gasteiger partial charge < -0.3 is 9.84 Å². The minimum atomic E-state index is -0.154. The zero-order chi connectivity index (χ0) is 20.1. The highest BCUT2D eigenvalue weighted by atomic mass is 16.5. The van der Waals surface area contributed by atoms with Crippen LogP contribution in [-0.2, 0) is 19.6 Å². The molecule has 1 fully saturated rings. The van der Waals surface area contributed by atoms with Crippen LogP contribution in [0.4, 0.5) is 0 Å². The third-order valence-electron chi connectivity index (χ3n) is 5.05. The van der Waals surface area contributed by atoms with Crippen molar-refractivity contribution >= 4 is 5.78 Å². The maximum absolute atomic E-state index is 11.7. The smallest absolute Gasteiger partial charge is 0.163 e. The Bertz CT molecular complexity index is 895. The predicted octanol–water partition coefficient (Wildman–Crippen LogP) is 4.08. The molecule has 0 aromatic heterocycles. The van der Waals surface area contributed by atoms with Crippen LogP contribution in [0.2, 0.25) is 0 Å². The van der Waals surface area contributed by atoms with E-state index in [9.17, 15) is 9.90 Å². The van der Waals surface area contributed by atoms with Gasteiger partial charge in [-0.3, -0.25) is 9.69 Å². The van der Waals surface area contributed by atoms with Crippen LogP contribution in [0, 0.1) is 17.2 Å². The molecule has 0 atom stereocenters. The van der Waals surface area contributed by atoms with Gasteiger partial charge in [0.2, 0.25) is 0 Å². The number of carbonyl (C=O) groups excluding carboxylic acids is 1. The Morgan fingerprint density at radius 3 is 2.71 bits per heavy atom. The maximum atomic E-state index is 11.7. The molecule has 0 saturated carbocycles. The fourth-order valence-electron chi connectivity index (χ4n) is 3.55. The van der Waals surface area contributed by atoms with E-state index in [1.54, 1.807) is 12.1 Å². The fourth-order valence-corrected chi connectivity index (χ4v) is 3.55. The van der Waals surface area contributed by atoms with Crippen molar-refractivity contribution in [1.82, 2.24) is 4.90 Å². The fraction of sp³-hybridized carbons (Fsp3) is 0.391. The second-order valence-electron chi connectivity index (χ2n) is 7.37. The number of rotatable bonds is 8. The summed E-state index contributed by atoms with van der Waals surface area (Å²) >= 11 is 0. The Balaban J connectivity index is 1.68. The number of phenolic OH excluding ortho intramolecular Hbond substituents is 1. The molecular formula is C23H26N2O3. The molecule has 0 spiro atoms. The second kappa shape index (κ2) is 8.90. The molecule has 2 aromatic carbocycles. The average Bonchev–Trinajstić information content (AvgIpc) is 2.65. The number of phenols is 1. The van der Waals surface area contributed by atoms with Crippen molar-refractivity contribution in [2.75, 3.05) is 13.1 Å². The first-order chi connectivity index (χ1) is 13.5.